The molecule has 4 nitrogen and oxygen atoms in total. The first kappa shape index (κ1) is 15.1. The maximum atomic E-state index is 12.8. The minimum absolute atomic E-state index is 0.0576. The van der Waals surface area contributed by atoms with Crippen LogP contribution in [0.25, 0.3) is 0 Å². The first-order valence-corrected chi connectivity index (χ1v) is 7.47. The molecule has 1 amide bonds. The van der Waals surface area contributed by atoms with Crippen molar-refractivity contribution in [1.82, 2.24) is 4.90 Å². The van der Waals surface area contributed by atoms with Gasteiger partial charge in [-0.3, -0.25) is 4.79 Å². The van der Waals surface area contributed by atoms with Gasteiger partial charge in [0.15, 0.2) is 0 Å². The molecule has 2 rings (SSSR count). The van der Waals surface area contributed by atoms with E-state index in [1.54, 1.807) is 6.92 Å². The largest absolute Gasteiger partial charge is 0.466 e. The van der Waals surface area contributed by atoms with Gasteiger partial charge in [0.2, 0.25) is 0 Å². The van der Waals surface area contributed by atoms with Crippen molar-refractivity contribution >= 4 is 5.91 Å². The highest BCUT2D eigenvalue weighted by Crippen LogP contribution is 2.27. The molecule has 4 heteroatoms. The Balaban J connectivity index is 2.25. The predicted octanol–water partition coefficient (Wildman–Crippen LogP) is 2.97. The molecule has 20 heavy (non-hydrogen) atoms. The SMILES string of the molecule is Cc1oc(C)c(C(=O)N2CCCCC2CC(C)O)c1C. The first-order chi connectivity index (χ1) is 9.41. The van der Waals surface area contributed by atoms with Crippen molar-refractivity contribution in [3.8, 4) is 0 Å². The molecule has 2 unspecified atom stereocenters. The average molecular weight is 279 g/mol. The van der Waals surface area contributed by atoms with Crippen molar-refractivity contribution < 1.29 is 14.3 Å². The molecule has 0 spiro atoms. The quantitative estimate of drug-likeness (QED) is 0.925. The van der Waals surface area contributed by atoms with E-state index in [1.165, 1.54) is 0 Å². The number of nitrogens with zero attached hydrogens (tertiary/aromatic N) is 1. The normalized spacial score (nSPS) is 21.1. The van der Waals surface area contributed by atoms with E-state index >= 15 is 0 Å². The molecule has 0 aliphatic carbocycles. The lowest BCUT2D eigenvalue weighted by atomic mass is 9.95. The summed E-state index contributed by atoms with van der Waals surface area (Å²) in [4.78, 5) is 14.8. The fourth-order valence-corrected chi connectivity index (χ4v) is 3.16. The van der Waals surface area contributed by atoms with Crippen LogP contribution in [0.4, 0.5) is 0 Å². The zero-order valence-electron chi connectivity index (χ0n) is 12.9. The van der Waals surface area contributed by atoms with Crippen molar-refractivity contribution in [1.29, 1.82) is 0 Å². The van der Waals surface area contributed by atoms with Gasteiger partial charge in [0.05, 0.1) is 11.7 Å². The van der Waals surface area contributed by atoms with Crippen molar-refractivity contribution in [2.75, 3.05) is 6.54 Å². The second-order valence-corrected chi connectivity index (χ2v) is 5.95. The summed E-state index contributed by atoms with van der Waals surface area (Å²) in [5.41, 5.74) is 1.65. The molecule has 2 heterocycles. The zero-order valence-corrected chi connectivity index (χ0v) is 12.9. The van der Waals surface area contributed by atoms with Crippen LogP contribution in [0.3, 0.4) is 0 Å². The second-order valence-electron chi connectivity index (χ2n) is 5.95. The summed E-state index contributed by atoms with van der Waals surface area (Å²) in [6.45, 7) is 8.24. The number of hydrogen-bond acceptors (Lipinski definition) is 3. The summed E-state index contributed by atoms with van der Waals surface area (Å²) >= 11 is 0. The van der Waals surface area contributed by atoms with Gasteiger partial charge < -0.3 is 14.4 Å². The summed E-state index contributed by atoms with van der Waals surface area (Å²) in [5.74, 6) is 1.57. The maximum Gasteiger partial charge on any atom is 0.257 e. The second kappa shape index (κ2) is 6.00. The van der Waals surface area contributed by atoms with Crippen LogP contribution in [0.5, 0.6) is 0 Å². The Labute approximate surface area is 120 Å². The minimum atomic E-state index is -0.373. The smallest absolute Gasteiger partial charge is 0.257 e. The van der Waals surface area contributed by atoms with E-state index in [2.05, 4.69) is 0 Å². The van der Waals surface area contributed by atoms with Crippen LogP contribution in [0, 0.1) is 20.8 Å². The van der Waals surface area contributed by atoms with Gasteiger partial charge in [0.1, 0.15) is 11.5 Å². The molecule has 0 bridgehead atoms. The van der Waals surface area contributed by atoms with Gasteiger partial charge in [0, 0.05) is 18.2 Å². The van der Waals surface area contributed by atoms with Crippen molar-refractivity contribution in [2.24, 2.45) is 0 Å². The van der Waals surface area contributed by atoms with Crippen LogP contribution < -0.4 is 0 Å². The number of likely N-dealkylation sites (tertiary alicyclic amines) is 1. The van der Waals surface area contributed by atoms with Gasteiger partial charge >= 0.3 is 0 Å². The Kier molecular flexibility index (Phi) is 4.53. The number of piperidine rings is 1. The van der Waals surface area contributed by atoms with E-state index in [-0.39, 0.29) is 18.1 Å². The molecule has 1 fully saturated rings. The van der Waals surface area contributed by atoms with Crippen molar-refractivity contribution in [3.05, 3.63) is 22.6 Å². The zero-order chi connectivity index (χ0) is 14.9. The van der Waals surface area contributed by atoms with Crippen molar-refractivity contribution in [3.63, 3.8) is 0 Å². The Morgan fingerprint density at radius 1 is 1.35 bits per heavy atom. The van der Waals surface area contributed by atoms with E-state index in [1.807, 2.05) is 25.7 Å². The third-order valence-corrected chi connectivity index (χ3v) is 4.28. The topological polar surface area (TPSA) is 53.7 Å². The molecule has 1 aliphatic rings. The van der Waals surface area contributed by atoms with Crippen LogP contribution in [-0.2, 0) is 0 Å². The first-order valence-electron chi connectivity index (χ1n) is 7.47. The molecule has 0 saturated carbocycles. The number of aliphatic hydroxyl groups is 1. The molecule has 0 radical (unpaired) electrons. The van der Waals surface area contributed by atoms with Gasteiger partial charge in [-0.2, -0.15) is 0 Å². The van der Waals surface area contributed by atoms with Gasteiger partial charge in [-0.15, -0.1) is 0 Å². The highest BCUT2D eigenvalue weighted by atomic mass is 16.3. The van der Waals surface area contributed by atoms with E-state index in [0.717, 1.165) is 37.1 Å². The third kappa shape index (κ3) is 2.90. The Hall–Kier alpha value is -1.29. The highest BCUT2D eigenvalue weighted by Gasteiger charge is 2.31. The van der Waals surface area contributed by atoms with E-state index in [0.29, 0.717) is 17.7 Å². The number of furan rings is 1. The number of hydrogen-bond donors (Lipinski definition) is 1. The Morgan fingerprint density at radius 3 is 2.60 bits per heavy atom. The molecule has 1 aliphatic heterocycles. The van der Waals surface area contributed by atoms with Crippen LogP contribution >= 0.6 is 0 Å². The van der Waals surface area contributed by atoms with Crippen LogP contribution in [0.15, 0.2) is 4.42 Å². The number of amides is 1. The Bertz CT molecular complexity index is 490. The summed E-state index contributed by atoms with van der Waals surface area (Å²) in [7, 11) is 0. The molecular weight excluding hydrogens is 254 g/mol. The summed E-state index contributed by atoms with van der Waals surface area (Å²) in [6, 6.07) is 0.144. The van der Waals surface area contributed by atoms with Gasteiger partial charge in [-0.1, -0.05) is 0 Å². The monoisotopic (exact) mass is 279 g/mol. The fraction of sp³-hybridized carbons (Fsp3) is 0.688. The third-order valence-electron chi connectivity index (χ3n) is 4.28. The number of aryl methyl sites for hydroxylation is 2. The molecule has 1 aromatic heterocycles. The molecule has 2 atom stereocenters. The van der Waals surface area contributed by atoms with E-state index in [9.17, 15) is 9.90 Å². The summed E-state index contributed by atoms with van der Waals surface area (Å²) in [6.07, 6.45) is 3.42. The molecule has 1 N–H and O–H groups in total. The lowest BCUT2D eigenvalue weighted by molar-refractivity contribution is 0.0513. The average Bonchev–Trinajstić information content (AvgIpc) is 2.62. The summed E-state index contributed by atoms with van der Waals surface area (Å²) < 4.78 is 5.58. The van der Waals surface area contributed by atoms with Crippen LogP contribution in [0.2, 0.25) is 0 Å². The lowest BCUT2D eigenvalue weighted by Crippen LogP contribution is -2.45. The van der Waals surface area contributed by atoms with Crippen LogP contribution in [0.1, 0.15) is 60.0 Å². The number of carbonyl (C=O) groups excluding carboxylic acids is 1. The van der Waals surface area contributed by atoms with E-state index in [4.69, 9.17) is 4.42 Å². The fourth-order valence-electron chi connectivity index (χ4n) is 3.16. The summed E-state index contributed by atoms with van der Waals surface area (Å²) in [5, 5.41) is 9.63. The number of aliphatic hydroxyl groups excluding tert-OH is 1. The lowest BCUT2D eigenvalue weighted by Gasteiger charge is -2.36. The molecular formula is C16H25NO3. The minimum Gasteiger partial charge on any atom is -0.466 e. The van der Waals surface area contributed by atoms with Crippen molar-refractivity contribution in [2.45, 2.75) is 65.5 Å². The van der Waals surface area contributed by atoms with E-state index < -0.39 is 0 Å². The standard InChI is InChI=1S/C16H25NO3/c1-10(18)9-14-7-5-6-8-17(14)16(19)15-11(2)12(3)20-13(15)4/h10,14,18H,5-9H2,1-4H3. The van der Waals surface area contributed by atoms with Gasteiger partial charge in [-0.25, -0.2) is 0 Å². The number of carbonyl (C=O) groups is 1. The van der Waals surface area contributed by atoms with Crippen LogP contribution in [-0.4, -0.2) is 34.6 Å². The molecule has 112 valence electrons. The maximum absolute atomic E-state index is 12.8. The van der Waals surface area contributed by atoms with Gasteiger partial charge in [0.25, 0.3) is 5.91 Å². The molecule has 1 aromatic rings. The highest BCUT2D eigenvalue weighted by molar-refractivity contribution is 5.97. The Morgan fingerprint density at radius 2 is 2.05 bits per heavy atom. The molecule has 0 aromatic carbocycles. The predicted molar refractivity (Wildman–Crippen MR) is 77.9 cm³/mol. The van der Waals surface area contributed by atoms with Gasteiger partial charge in [-0.05, 0) is 53.4 Å². The number of rotatable bonds is 3. The molecule has 1 saturated heterocycles.